The minimum absolute atomic E-state index is 0.142. The third-order valence-corrected chi connectivity index (χ3v) is 5.96. The standard InChI is InChI=1S/C26H26N2O4/c1-30-24-17-20(8-9-23(24)32-15-12-28-10-13-31-14-11-28)27-26(29)22-16-19-6-2-4-18-5-3-7-21(22)25(18)19/h2-9,16-17H,10-15H2,1H3,(H,27,29). The Bertz CT molecular complexity index is 1180. The van der Waals surface area contributed by atoms with Crippen molar-refractivity contribution in [3.8, 4) is 11.5 Å². The van der Waals surface area contributed by atoms with Gasteiger partial charge in [-0.05, 0) is 40.1 Å². The van der Waals surface area contributed by atoms with Gasteiger partial charge in [0.05, 0.1) is 20.3 Å². The zero-order valence-corrected chi connectivity index (χ0v) is 18.1. The van der Waals surface area contributed by atoms with E-state index in [9.17, 15) is 4.79 Å². The van der Waals surface area contributed by atoms with Gasteiger partial charge in [0.25, 0.3) is 5.91 Å². The van der Waals surface area contributed by atoms with Gasteiger partial charge in [-0.15, -0.1) is 0 Å². The molecule has 0 aromatic heterocycles. The fraction of sp³-hybridized carbons (Fsp3) is 0.269. The quantitative estimate of drug-likeness (QED) is 0.613. The first-order chi connectivity index (χ1) is 15.7. The lowest BCUT2D eigenvalue weighted by molar-refractivity contribution is -0.111. The number of hydrogen-bond donors (Lipinski definition) is 1. The van der Waals surface area contributed by atoms with Crippen LogP contribution in [0, 0.1) is 0 Å². The molecule has 0 radical (unpaired) electrons. The van der Waals surface area contributed by atoms with Crippen molar-refractivity contribution in [3.63, 3.8) is 0 Å². The highest BCUT2D eigenvalue weighted by Crippen LogP contribution is 2.37. The maximum absolute atomic E-state index is 13.1. The molecule has 3 aromatic carbocycles. The van der Waals surface area contributed by atoms with Crippen LogP contribution in [0.15, 0.2) is 54.6 Å². The molecule has 1 saturated heterocycles. The van der Waals surface area contributed by atoms with Crippen LogP contribution in [0.1, 0.15) is 11.1 Å². The summed E-state index contributed by atoms with van der Waals surface area (Å²) in [5.41, 5.74) is 3.37. The molecule has 3 aromatic rings. The molecule has 6 nitrogen and oxygen atoms in total. The summed E-state index contributed by atoms with van der Waals surface area (Å²) < 4.78 is 16.8. The molecule has 164 valence electrons. The second-order valence-electron chi connectivity index (χ2n) is 7.93. The first-order valence-corrected chi connectivity index (χ1v) is 10.9. The van der Waals surface area contributed by atoms with Crippen molar-refractivity contribution in [1.82, 2.24) is 4.90 Å². The Morgan fingerprint density at radius 1 is 1.06 bits per heavy atom. The molecular formula is C26H26N2O4. The summed E-state index contributed by atoms with van der Waals surface area (Å²) in [5.74, 6) is 1.11. The lowest BCUT2D eigenvalue weighted by Gasteiger charge is -2.26. The van der Waals surface area contributed by atoms with Crippen LogP contribution in [0.3, 0.4) is 0 Å². The molecular weight excluding hydrogens is 404 g/mol. The normalized spacial score (nSPS) is 15.5. The number of carbonyl (C=O) groups is 1. The largest absolute Gasteiger partial charge is 0.493 e. The zero-order valence-electron chi connectivity index (χ0n) is 18.1. The lowest BCUT2D eigenvalue weighted by atomic mass is 10.0. The average molecular weight is 431 g/mol. The van der Waals surface area contributed by atoms with Gasteiger partial charge in [0, 0.05) is 37.0 Å². The molecule has 1 N–H and O–H groups in total. The zero-order chi connectivity index (χ0) is 21.9. The number of carbonyl (C=O) groups excluding carboxylic acids is 1. The van der Waals surface area contributed by atoms with Crippen molar-refractivity contribution in [3.05, 3.63) is 65.7 Å². The van der Waals surface area contributed by atoms with Crippen molar-refractivity contribution in [2.75, 3.05) is 51.9 Å². The van der Waals surface area contributed by atoms with Crippen molar-refractivity contribution in [2.24, 2.45) is 0 Å². The predicted octanol–water partition coefficient (Wildman–Crippen LogP) is 4.05. The number of methoxy groups -OCH3 is 1. The van der Waals surface area contributed by atoms with E-state index in [1.165, 1.54) is 0 Å². The molecule has 0 bridgehead atoms. The highest BCUT2D eigenvalue weighted by atomic mass is 16.5. The summed E-state index contributed by atoms with van der Waals surface area (Å²) in [7, 11) is 1.60. The van der Waals surface area contributed by atoms with Gasteiger partial charge in [0.15, 0.2) is 11.5 Å². The van der Waals surface area contributed by atoms with E-state index < -0.39 is 0 Å². The van der Waals surface area contributed by atoms with Gasteiger partial charge in [-0.3, -0.25) is 9.69 Å². The van der Waals surface area contributed by atoms with Gasteiger partial charge < -0.3 is 19.5 Å². The minimum Gasteiger partial charge on any atom is -0.493 e. The monoisotopic (exact) mass is 430 g/mol. The molecule has 1 aliphatic heterocycles. The van der Waals surface area contributed by atoms with Crippen LogP contribution in [0.2, 0.25) is 0 Å². The van der Waals surface area contributed by atoms with Gasteiger partial charge in [0.1, 0.15) is 6.61 Å². The summed E-state index contributed by atoms with van der Waals surface area (Å²) in [6, 6.07) is 17.7. The van der Waals surface area contributed by atoms with Crippen LogP contribution >= 0.6 is 0 Å². The summed E-state index contributed by atoms with van der Waals surface area (Å²) >= 11 is 0. The van der Waals surface area contributed by atoms with E-state index in [4.69, 9.17) is 14.2 Å². The molecule has 32 heavy (non-hydrogen) atoms. The van der Waals surface area contributed by atoms with E-state index in [0.29, 0.717) is 29.4 Å². The van der Waals surface area contributed by atoms with Crippen molar-refractivity contribution < 1.29 is 19.0 Å². The van der Waals surface area contributed by atoms with Crippen molar-refractivity contribution in [2.45, 2.75) is 0 Å². The molecule has 5 rings (SSSR count). The van der Waals surface area contributed by atoms with Crippen LogP contribution in [0.25, 0.3) is 22.4 Å². The molecule has 1 amide bonds. The third-order valence-electron chi connectivity index (χ3n) is 5.96. The summed E-state index contributed by atoms with van der Waals surface area (Å²) in [5, 5.41) is 5.27. The highest BCUT2D eigenvalue weighted by Gasteiger charge is 2.22. The van der Waals surface area contributed by atoms with E-state index in [-0.39, 0.29) is 5.91 Å². The van der Waals surface area contributed by atoms with E-state index in [0.717, 1.165) is 54.7 Å². The molecule has 1 heterocycles. The number of hydrogen-bond acceptors (Lipinski definition) is 5. The molecule has 1 fully saturated rings. The smallest absolute Gasteiger partial charge is 0.256 e. The van der Waals surface area contributed by atoms with E-state index in [1.807, 2.05) is 42.5 Å². The molecule has 0 saturated carbocycles. The molecule has 0 spiro atoms. The number of ether oxygens (including phenoxy) is 3. The average Bonchev–Trinajstić information content (AvgIpc) is 3.21. The number of anilines is 1. The Kier molecular flexibility index (Phi) is 5.79. The van der Waals surface area contributed by atoms with E-state index in [1.54, 1.807) is 13.2 Å². The van der Waals surface area contributed by atoms with Crippen molar-refractivity contribution in [1.29, 1.82) is 0 Å². The fourth-order valence-electron chi connectivity index (χ4n) is 4.31. The summed E-state index contributed by atoms with van der Waals surface area (Å²) in [6.07, 6.45) is 1.95. The number of amides is 1. The number of nitrogens with one attached hydrogen (secondary N) is 1. The van der Waals surface area contributed by atoms with E-state index >= 15 is 0 Å². The third kappa shape index (κ3) is 4.07. The van der Waals surface area contributed by atoms with Crippen LogP contribution in [-0.2, 0) is 9.53 Å². The maximum Gasteiger partial charge on any atom is 0.256 e. The molecule has 6 heteroatoms. The number of benzene rings is 3. The molecule has 0 unspecified atom stereocenters. The Labute approximate surface area is 187 Å². The number of nitrogens with zero attached hydrogens (tertiary/aromatic N) is 1. The molecule has 2 aliphatic rings. The van der Waals surface area contributed by atoms with Gasteiger partial charge >= 0.3 is 0 Å². The first kappa shape index (κ1) is 20.5. The maximum atomic E-state index is 13.1. The summed E-state index contributed by atoms with van der Waals surface area (Å²) in [4.78, 5) is 15.4. The van der Waals surface area contributed by atoms with Crippen LogP contribution in [0.5, 0.6) is 11.5 Å². The Morgan fingerprint density at radius 2 is 1.88 bits per heavy atom. The SMILES string of the molecule is COc1cc(NC(=O)C2=Cc3cccc4cccc2c34)ccc1OCCN1CCOCC1. The van der Waals surface area contributed by atoms with Gasteiger partial charge in [-0.1, -0.05) is 36.4 Å². The Morgan fingerprint density at radius 3 is 2.69 bits per heavy atom. The van der Waals surface area contributed by atoms with Crippen LogP contribution in [0.4, 0.5) is 5.69 Å². The highest BCUT2D eigenvalue weighted by molar-refractivity contribution is 6.34. The van der Waals surface area contributed by atoms with E-state index in [2.05, 4.69) is 22.3 Å². The van der Waals surface area contributed by atoms with Gasteiger partial charge in [0.2, 0.25) is 0 Å². The second-order valence-corrected chi connectivity index (χ2v) is 7.93. The Balaban J connectivity index is 1.27. The number of morpholine rings is 1. The van der Waals surface area contributed by atoms with Crippen molar-refractivity contribution >= 4 is 34.0 Å². The van der Waals surface area contributed by atoms with Crippen LogP contribution in [-0.4, -0.2) is 57.4 Å². The van der Waals surface area contributed by atoms with Crippen LogP contribution < -0.4 is 14.8 Å². The lowest BCUT2D eigenvalue weighted by Crippen LogP contribution is -2.38. The van der Waals surface area contributed by atoms with Gasteiger partial charge in [-0.2, -0.15) is 0 Å². The summed E-state index contributed by atoms with van der Waals surface area (Å²) in [6.45, 7) is 4.81. The Hall–Kier alpha value is -3.35. The van der Waals surface area contributed by atoms with Gasteiger partial charge in [-0.25, -0.2) is 0 Å². The fourth-order valence-corrected chi connectivity index (χ4v) is 4.31. The minimum atomic E-state index is -0.142. The second kappa shape index (κ2) is 9.02. The molecule has 1 aliphatic carbocycles. The topological polar surface area (TPSA) is 60.0 Å². The number of rotatable bonds is 7. The first-order valence-electron chi connectivity index (χ1n) is 10.9. The predicted molar refractivity (Wildman–Crippen MR) is 126 cm³/mol. The molecule has 0 atom stereocenters.